The van der Waals surface area contributed by atoms with E-state index in [4.69, 9.17) is 13.8 Å². The van der Waals surface area contributed by atoms with Crippen molar-refractivity contribution in [1.29, 1.82) is 0 Å². The number of likely N-dealkylation sites (N-methyl/N-ethyl adjacent to an activating group) is 1. The van der Waals surface area contributed by atoms with E-state index in [1.165, 1.54) is 289 Å². The van der Waals surface area contributed by atoms with Gasteiger partial charge in [0.05, 0.1) is 33.8 Å². The Morgan fingerprint density at radius 2 is 0.699 bits per heavy atom. The summed E-state index contributed by atoms with van der Waals surface area (Å²) in [7, 11) is 1.21. The summed E-state index contributed by atoms with van der Waals surface area (Å²) in [6, 6.07) is -0.883. The van der Waals surface area contributed by atoms with E-state index in [9.17, 15) is 19.0 Å². The number of allylic oxidation sites excluding steroid dienone is 3. The van der Waals surface area contributed by atoms with E-state index in [0.29, 0.717) is 17.4 Å². The van der Waals surface area contributed by atoms with E-state index in [2.05, 4.69) is 38.2 Å². The third kappa shape index (κ3) is 64.8. The number of rotatable bonds is 68. The Morgan fingerprint density at radius 1 is 0.410 bits per heavy atom. The molecule has 3 unspecified atom stereocenters. The summed E-state index contributed by atoms with van der Waals surface area (Å²) in [4.78, 5) is 40.2. The molecule has 492 valence electrons. The van der Waals surface area contributed by atoms with E-state index in [0.717, 1.165) is 57.8 Å². The van der Waals surface area contributed by atoms with Gasteiger partial charge in [-0.1, -0.05) is 334 Å². The average molecular weight is 1190 g/mol. The second-order valence-corrected chi connectivity index (χ2v) is 27.9. The number of quaternary nitrogens is 1. The van der Waals surface area contributed by atoms with Crippen LogP contribution in [0.15, 0.2) is 24.3 Å². The van der Waals surface area contributed by atoms with Gasteiger partial charge in [-0.2, -0.15) is 0 Å². The molecule has 0 aliphatic heterocycles. The highest BCUT2D eigenvalue weighted by Gasteiger charge is 2.27. The first-order valence-corrected chi connectivity index (χ1v) is 38.1. The second kappa shape index (κ2) is 63.5. The third-order valence-corrected chi connectivity index (χ3v) is 17.8. The number of nitrogens with zero attached hydrogens (tertiary/aromatic N) is 1. The summed E-state index contributed by atoms with van der Waals surface area (Å²) >= 11 is 0. The number of carbonyl (C=O) groups excluding carboxylic acids is 2. The second-order valence-electron chi connectivity index (χ2n) is 26.5. The van der Waals surface area contributed by atoms with Crippen LogP contribution in [0.25, 0.3) is 0 Å². The Hall–Kier alpha value is -1.51. The molecule has 0 saturated heterocycles. The third-order valence-electron chi connectivity index (χ3n) is 16.9. The fourth-order valence-electron chi connectivity index (χ4n) is 11.2. The van der Waals surface area contributed by atoms with E-state index in [-0.39, 0.29) is 31.5 Å². The van der Waals surface area contributed by atoms with E-state index >= 15 is 0 Å². The molecule has 0 radical (unpaired) electrons. The fourth-order valence-corrected chi connectivity index (χ4v) is 12.0. The van der Waals surface area contributed by atoms with Gasteiger partial charge in [0.1, 0.15) is 19.3 Å². The maximum Gasteiger partial charge on any atom is 0.306 e. The molecule has 0 bridgehead atoms. The Kier molecular flexibility index (Phi) is 62.4. The molecule has 3 atom stereocenters. The van der Waals surface area contributed by atoms with E-state index in [1.54, 1.807) is 0 Å². The van der Waals surface area contributed by atoms with Gasteiger partial charge < -0.3 is 28.5 Å². The molecule has 0 aromatic rings. The average Bonchev–Trinajstić information content (AvgIpc) is 3.51. The predicted octanol–water partition coefficient (Wildman–Crippen LogP) is 22.6. The van der Waals surface area contributed by atoms with Crippen molar-refractivity contribution in [1.82, 2.24) is 5.32 Å². The summed E-state index contributed by atoms with van der Waals surface area (Å²) in [6.45, 7) is 6.91. The summed E-state index contributed by atoms with van der Waals surface area (Å²) < 4.78 is 30.5. The molecule has 0 heterocycles. The van der Waals surface area contributed by atoms with Gasteiger partial charge in [-0.15, -0.1) is 0 Å². The van der Waals surface area contributed by atoms with Gasteiger partial charge in [0.2, 0.25) is 5.91 Å². The molecular formula is C73H143N2O7P. The zero-order chi connectivity index (χ0) is 60.7. The summed E-state index contributed by atoms with van der Waals surface area (Å²) in [5.74, 6) is -0.517. The Bertz CT molecular complexity index is 1470. The van der Waals surface area contributed by atoms with Crippen molar-refractivity contribution in [3.63, 3.8) is 0 Å². The van der Waals surface area contributed by atoms with Crippen molar-refractivity contribution in [2.75, 3.05) is 40.9 Å². The molecule has 0 aromatic carbocycles. The Balaban J connectivity index is 4.95. The lowest BCUT2D eigenvalue weighted by Gasteiger charge is -2.30. The quantitative estimate of drug-likeness (QED) is 0.0212. The Labute approximate surface area is 517 Å². The lowest BCUT2D eigenvalue weighted by atomic mass is 10.0. The molecule has 0 spiro atoms. The number of phosphoric ester groups is 1. The normalized spacial score (nSPS) is 13.6. The molecule has 0 rings (SSSR count). The highest BCUT2D eigenvalue weighted by molar-refractivity contribution is 7.45. The smallest absolute Gasteiger partial charge is 0.306 e. The highest BCUT2D eigenvalue weighted by atomic mass is 31.2. The van der Waals surface area contributed by atoms with Crippen molar-refractivity contribution >= 4 is 19.7 Å². The zero-order valence-electron chi connectivity index (χ0n) is 56.4. The largest absolute Gasteiger partial charge is 0.756 e. The molecule has 0 aliphatic carbocycles. The molecule has 0 fully saturated rings. The van der Waals surface area contributed by atoms with Crippen LogP contribution in [0.1, 0.15) is 380 Å². The zero-order valence-corrected chi connectivity index (χ0v) is 57.3. The van der Waals surface area contributed by atoms with Gasteiger partial charge in [-0.25, -0.2) is 0 Å². The number of unbranched alkanes of at least 4 members (excludes halogenated alkanes) is 50. The summed E-state index contributed by atoms with van der Waals surface area (Å²) in [5.41, 5.74) is 0. The van der Waals surface area contributed by atoms with Crippen molar-refractivity contribution in [3.05, 3.63) is 24.3 Å². The number of amides is 1. The van der Waals surface area contributed by atoms with E-state index < -0.39 is 20.0 Å². The minimum absolute atomic E-state index is 0.0178. The van der Waals surface area contributed by atoms with Gasteiger partial charge in [-0.05, 0) is 57.4 Å². The molecule has 0 aromatic heterocycles. The molecule has 0 saturated carbocycles. The first kappa shape index (κ1) is 81.5. The lowest BCUT2D eigenvalue weighted by molar-refractivity contribution is -0.870. The minimum Gasteiger partial charge on any atom is -0.756 e. The number of ether oxygens (including phenoxy) is 1. The number of hydrogen-bond donors (Lipinski definition) is 1. The summed E-state index contributed by atoms with van der Waals surface area (Å²) in [5, 5.41) is 3.05. The predicted molar refractivity (Wildman–Crippen MR) is 358 cm³/mol. The Morgan fingerprint density at radius 3 is 1.02 bits per heavy atom. The van der Waals surface area contributed by atoms with Crippen molar-refractivity contribution in [3.8, 4) is 0 Å². The number of esters is 1. The maximum atomic E-state index is 13.6. The number of phosphoric acid groups is 1. The molecule has 83 heavy (non-hydrogen) atoms. The lowest BCUT2D eigenvalue weighted by Crippen LogP contribution is -2.47. The van der Waals surface area contributed by atoms with Gasteiger partial charge in [-0.3, -0.25) is 14.2 Å². The highest BCUT2D eigenvalue weighted by Crippen LogP contribution is 2.38. The number of carbonyl (C=O) groups is 2. The molecule has 1 N–H and O–H groups in total. The van der Waals surface area contributed by atoms with Gasteiger partial charge in [0.25, 0.3) is 7.82 Å². The monoisotopic (exact) mass is 1190 g/mol. The summed E-state index contributed by atoms with van der Waals surface area (Å²) in [6.07, 6.45) is 77.4. The first-order valence-electron chi connectivity index (χ1n) is 36.6. The van der Waals surface area contributed by atoms with Crippen molar-refractivity contribution in [2.24, 2.45) is 0 Å². The van der Waals surface area contributed by atoms with Crippen LogP contribution in [-0.2, 0) is 27.9 Å². The number of hydrogen-bond acceptors (Lipinski definition) is 7. The molecular weight excluding hydrogens is 1050 g/mol. The first-order chi connectivity index (χ1) is 40.4. The van der Waals surface area contributed by atoms with Crippen LogP contribution < -0.4 is 10.2 Å². The van der Waals surface area contributed by atoms with Crippen LogP contribution in [0.4, 0.5) is 0 Å². The van der Waals surface area contributed by atoms with E-state index in [1.807, 2.05) is 33.3 Å². The standard InChI is InChI=1S/C73H143N2O7P/c1-7-10-13-16-19-22-25-27-29-31-33-35-36-37-38-40-41-43-45-47-50-53-56-59-62-65-72(76)74-70(69-81-83(78,79)80-68-67-75(4,5)6)71(64-61-58-55-52-49-24-21-18-15-12-9-3)82-73(77)66-63-60-57-54-51-48-46-44-42-39-34-32-30-28-26-23-20-17-14-11-8-2/h27,29,61,64,70-71H,7-26,28,30-60,62-63,65-69H2,1-6H3,(H-,74,76,78,79)/b29-27+,64-61+. The molecule has 0 aliphatic rings. The van der Waals surface area contributed by atoms with Crippen LogP contribution in [0.2, 0.25) is 0 Å². The SMILES string of the molecule is CCCCCCCC/C=C/CCCCCCCCCCCCCCCCCC(=O)NC(COP(=O)([O-])OCC[N+](C)(C)C)C(/C=C/CCCCCCCCCCC)OC(=O)CCCCCCCCCCCCCCCCCCCCCCC. The van der Waals surface area contributed by atoms with Crippen LogP contribution in [-0.4, -0.2) is 69.4 Å². The topological polar surface area (TPSA) is 114 Å². The molecule has 9 nitrogen and oxygen atoms in total. The molecule has 10 heteroatoms. The molecule has 1 amide bonds. The van der Waals surface area contributed by atoms with Crippen LogP contribution in [0.3, 0.4) is 0 Å². The van der Waals surface area contributed by atoms with Gasteiger partial charge >= 0.3 is 5.97 Å². The van der Waals surface area contributed by atoms with Crippen LogP contribution in [0.5, 0.6) is 0 Å². The minimum atomic E-state index is -4.70. The number of nitrogens with one attached hydrogen (secondary N) is 1. The van der Waals surface area contributed by atoms with Crippen molar-refractivity contribution in [2.45, 2.75) is 392 Å². The van der Waals surface area contributed by atoms with Gasteiger partial charge in [0.15, 0.2) is 0 Å². The van der Waals surface area contributed by atoms with Crippen molar-refractivity contribution < 1.29 is 37.3 Å². The van der Waals surface area contributed by atoms with Crippen LogP contribution >= 0.6 is 7.82 Å². The maximum absolute atomic E-state index is 13.6. The fraction of sp³-hybridized carbons (Fsp3) is 0.918. The van der Waals surface area contributed by atoms with Crippen LogP contribution in [0, 0.1) is 0 Å². The van der Waals surface area contributed by atoms with Gasteiger partial charge in [0, 0.05) is 12.8 Å².